The maximum Gasteiger partial charge on any atom is 0.271 e. The molecular weight excluding hydrogens is 124 g/mol. The summed E-state index contributed by atoms with van der Waals surface area (Å²) in [5, 5.41) is 8.27. The Bertz CT molecular complexity index is 52.9. The third-order valence-electron chi connectivity index (χ3n) is 0.730. The molecule has 0 bridgehead atoms. The minimum Gasteiger partial charge on any atom is -0.394 e. The summed E-state index contributed by atoms with van der Waals surface area (Å²) in [6.07, 6.45) is 0. The van der Waals surface area contributed by atoms with Crippen molar-refractivity contribution in [3.8, 4) is 0 Å². The largest absolute Gasteiger partial charge is 0.394 e. The number of ether oxygens (including phenoxy) is 3. The molecular formula is C5H12O4. The molecule has 0 unspecified atom stereocenters. The van der Waals surface area contributed by atoms with Crippen molar-refractivity contribution < 1.29 is 19.3 Å². The van der Waals surface area contributed by atoms with Gasteiger partial charge in [-0.15, -0.1) is 0 Å². The minimum absolute atomic E-state index is 0.0246. The van der Waals surface area contributed by atoms with Gasteiger partial charge in [0.15, 0.2) is 0 Å². The van der Waals surface area contributed by atoms with Gasteiger partial charge in [0.05, 0.1) is 13.2 Å². The van der Waals surface area contributed by atoms with Crippen molar-refractivity contribution in [1.82, 2.24) is 0 Å². The maximum absolute atomic E-state index is 8.27. The number of aliphatic hydroxyl groups is 1. The molecule has 4 heteroatoms. The quantitative estimate of drug-likeness (QED) is 0.521. The Morgan fingerprint density at radius 1 is 1.33 bits per heavy atom. The van der Waals surface area contributed by atoms with Gasteiger partial charge in [-0.05, 0) is 0 Å². The van der Waals surface area contributed by atoms with Crippen LogP contribution in [0, 0.1) is 0 Å². The van der Waals surface area contributed by atoms with Crippen molar-refractivity contribution in [1.29, 1.82) is 0 Å². The first-order valence-corrected chi connectivity index (χ1v) is 2.63. The monoisotopic (exact) mass is 136 g/mol. The van der Waals surface area contributed by atoms with Crippen LogP contribution in [-0.2, 0) is 14.2 Å². The van der Waals surface area contributed by atoms with E-state index >= 15 is 0 Å². The van der Waals surface area contributed by atoms with Gasteiger partial charge in [-0.1, -0.05) is 0 Å². The normalized spacial score (nSPS) is 10.7. The summed E-state index contributed by atoms with van der Waals surface area (Å²) in [6, 6.07) is 0. The van der Waals surface area contributed by atoms with E-state index in [1.807, 2.05) is 0 Å². The zero-order chi connectivity index (χ0) is 7.11. The lowest BCUT2D eigenvalue weighted by molar-refractivity contribution is -0.267. The van der Waals surface area contributed by atoms with E-state index in [1.165, 1.54) is 14.2 Å². The van der Waals surface area contributed by atoms with Crippen molar-refractivity contribution in [3.63, 3.8) is 0 Å². The highest BCUT2D eigenvalue weighted by Gasteiger charge is 2.01. The first-order chi connectivity index (χ1) is 4.35. The van der Waals surface area contributed by atoms with Gasteiger partial charge in [-0.3, -0.25) is 0 Å². The van der Waals surface area contributed by atoms with Crippen molar-refractivity contribution in [2.24, 2.45) is 0 Å². The number of hydrogen-bond donors (Lipinski definition) is 1. The van der Waals surface area contributed by atoms with Crippen LogP contribution in [0.3, 0.4) is 0 Å². The molecule has 0 radical (unpaired) electrons. The van der Waals surface area contributed by atoms with E-state index < -0.39 is 6.48 Å². The summed E-state index contributed by atoms with van der Waals surface area (Å²) in [4.78, 5) is 0. The number of aliphatic hydroxyl groups excluding tert-OH is 1. The highest BCUT2D eigenvalue weighted by Crippen LogP contribution is 1.91. The average molecular weight is 136 g/mol. The Balaban J connectivity index is 3.09. The van der Waals surface area contributed by atoms with E-state index in [0.717, 1.165) is 0 Å². The molecule has 0 amide bonds. The van der Waals surface area contributed by atoms with Crippen LogP contribution in [0.5, 0.6) is 0 Å². The van der Waals surface area contributed by atoms with Gasteiger partial charge in [0.1, 0.15) is 0 Å². The van der Waals surface area contributed by atoms with Crippen LogP contribution in [0.1, 0.15) is 0 Å². The Hall–Kier alpha value is -0.160. The van der Waals surface area contributed by atoms with Crippen molar-refractivity contribution in [3.05, 3.63) is 0 Å². The second kappa shape index (κ2) is 5.97. The van der Waals surface area contributed by atoms with E-state index in [0.29, 0.717) is 0 Å². The molecule has 0 rings (SSSR count). The molecule has 0 fully saturated rings. The van der Waals surface area contributed by atoms with Crippen molar-refractivity contribution >= 4 is 0 Å². The lowest BCUT2D eigenvalue weighted by atomic mass is 10.8. The Kier molecular flexibility index (Phi) is 5.86. The molecule has 1 N–H and O–H groups in total. The highest BCUT2D eigenvalue weighted by molar-refractivity contribution is 4.22. The average Bonchev–Trinajstić information content (AvgIpc) is 1.91. The molecule has 9 heavy (non-hydrogen) atoms. The summed E-state index contributed by atoms with van der Waals surface area (Å²) in [7, 11) is 2.93. The van der Waals surface area contributed by atoms with Gasteiger partial charge in [0.2, 0.25) is 0 Å². The molecule has 0 saturated carbocycles. The van der Waals surface area contributed by atoms with Crippen LogP contribution in [0.4, 0.5) is 0 Å². The van der Waals surface area contributed by atoms with Gasteiger partial charge in [0.25, 0.3) is 6.48 Å². The van der Waals surface area contributed by atoms with Crippen LogP contribution in [0.2, 0.25) is 0 Å². The van der Waals surface area contributed by atoms with Crippen molar-refractivity contribution in [2.45, 2.75) is 6.48 Å². The SMILES string of the molecule is COC(OC)OCCO. The van der Waals surface area contributed by atoms with E-state index in [1.54, 1.807) is 0 Å². The Morgan fingerprint density at radius 2 is 1.89 bits per heavy atom. The third-order valence-corrected chi connectivity index (χ3v) is 0.730. The second-order valence-corrected chi connectivity index (χ2v) is 1.35. The highest BCUT2D eigenvalue weighted by atomic mass is 16.8. The Labute approximate surface area is 54.3 Å². The molecule has 0 heterocycles. The van der Waals surface area contributed by atoms with E-state index in [-0.39, 0.29) is 13.2 Å². The molecule has 0 saturated heterocycles. The van der Waals surface area contributed by atoms with Gasteiger partial charge in [0, 0.05) is 14.2 Å². The molecule has 0 atom stereocenters. The maximum atomic E-state index is 8.27. The number of rotatable bonds is 5. The third kappa shape index (κ3) is 4.35. The molecule has 0 aromatic rings. The fourth-order valence-electron chi connectivity index (χ4n) is 0.381. The number of methoxy groups -OCH3 is 2. The summed E-state index contributed by atoms with van der Waals surface area (Å²) >= 11 is 0. The van der Waals surface area contributed by atoms with Crippen LogP contribution in [0.15, 0.2) is 0 Å². The Morgan fingerprint density at radius 3 is 2.22 bits per heavy atom. The predicted molar refractivity (Wildman–Crippen MR) is 30.8 cm³/mol. The first kappa shape index (κ1) is 8.84. The van der Waals surface area contributed by atoms with Crippen LogP contribution < -0.4 is 0 Å². The predicted octanol–water partition coefficient (Wildman–Crippen LogP) is -0.428. The fourth-order valence-corrected chi connectivity index (χ4v) is 0.381. The lowest BCUT2D eigenvalue weighted by Crippen LogP contribution is -2.19. The lowest BCUT2D eigenvalue weighted by Gasteiger charge is -2.11. The second-order valence-electron chi connectivity index (χ2n) is 1.35. The molecule has 0 aliphatic carbocycles. The van der Waals surface area contributed by atoms with Gasteiger partial charge in [-0.25, -0.2) is 0 Å². The summed E-state index contributed by atoms with van der Waals surface area (Å²) < 4.78 is 14.1. The van der Waals surface area contributed by atoms with Gasteiger partial charge < -0.3 is 19.3 Å². The van der Waals surface area contributed by atoms with E-state index in [2.05, 4.69) is 9.47 Å². The van der Waals surface area contributed by atoms with E-state index in [4.69, 9.17) is 9.84 Å². The number of hydrogen-bond acceptors (Lipinski definition) is 4. The van der Waals surface area contributed by atoms with Crippen LogP contribution in [0.25, 0.3) is 0 Å². The van der Waals surface area contributed by atoms with Crippen LogP contribution in [-0.4, -0.2) is 39.0 Å². The summed E-state index contributed by atoms with van der Waals surface area (Å²) in [5.74, 6) is 0. The minimum atomic E-state index is -0.655. The standard InChI is InChI=1S/C5H12O4/c1-7-5(8-2)9-4-3-6/h5-6H,3-4H2,1-2H3. The zero-order valence-electron chi connectivity index (χ0n) is 5.66. The molecule has 0 aromatic carbocycles. The molecule has 56 valence electrons. The smallest absolute Gasteiger partial charge is 0.271 e. The molecule has 4 nitrogen and oxygen atoms in total. The molecule has 0 aromatic heterocycles. The van der Waals surface area contributed by atoms with E-state index in [9.17, 15) is 0 Å². The fraction of sp³-hybridized carbons (Fsp3) is 1.00. The van der Waals surface area contributed by atoms with Crippen LogP contribution >= 0.6 is 0 Å². The van der Waals surface area contributed by atoms with Gasteiger partial charge >= 0.3 is 0 Å². The summed E-state index contributed by atoms with van der Waals surface area (Å²) in [5.41, 5.74) is 0. The zero-order valence-corrected chi connectivity index (χ0v) is 5.66. The first-order valence-electron chi connectivity index (χ1n) is 2.63. The van der Waals surface area contributed by atoms with Gasteiger partial charge in [-0.2, -0.15) is 0 Å². The summed E-state index contributed by atoms with van der Waals surface area (Å²) in [6.45, 7) is -0.451. The molecule has 0 aliphatic rings. The van der Waals surface area contributed by atoms with Crippen molar-refractivity contribution in [2.75, 3.05) is 27.4 Å². The molecule has 0 spiro atoms. The topological polar surface area (TPSA) is 47.9 Å². The molecule has 0 aliphatic heterocycles.